The molecule has 0 aromatic rings. The van der Waals surface area contributed by atoms with Crippen LogP contribution in [0.5, 0.6) is 0 Å². The number of hydrogen-bond donors (Lipinski definition) is 2. The van der Waals surface area contributed by atoms with E-state index >= 15 is 0 Å². The number of nitrogens with two attached hydrogens (primary N) is 1. The molecule has 0 spiro atoms. The van der Waals surface area contributed by atoms with E-state index in [4.69, 9.17) is 17.4 Å². The van der Waals surface area contributed by atoms with Crippen LogP contribution in [0.1, 0.15) is 19.3 Å². The maximum absolute atomic E-state index is 13.0. The highest BCUT2D eigenvalue weighted by Crippen LogP contribution is 2.30. The summed E-state index contributed by atoms with van der Waals surface area (Å²) in [6, 6.07) is -1.36. The molecule has 0 saturated carbocycles. The molecule has 9 heteroatoms. The molecular formula is C9H18ClF2N3O2S. The van der Waals surface area contributed by atoms with Gasteiger partial charge in [-0.15, -0.1) is 0 Å². The molecule has 108 valence electrons. The van der Waals surface area contributed by atoms with Crippen LogP contribution in [0.25, 0.3) is 0 Å². The van der Waals surface area contributed by atoms with E-state index in [9.17, 15) is 17.2 Å². The quantitative estimate of drug-likeness (QED) is 0.446. The topological polar surface area (TPSA) is 75.4 Å². The van der Waals surface area contributed by atoms with Gasteiger partial charge in [0, 0.05) is 13.1 Å². The average Bonchev–Trinajstić information content (AvgIpc) is 2.23. The van der Waals surface area contributed by atoms with Crippen molar-refractivity contribution >= 4 is 21.6 Å². The van der Waals surface area contributed by atoms with Crippen LogP contribution >= 0.6 is 11.6 Å². The fourth-order valence-electron chi connectivity index (χ4n) is 2.15. The lowest BCUT2D eigenvalue weighted by atomic mass is 9.92. The number of hydrazine groups is 1. The third kappa shape index (κ3) is 4.58. The number of alkyl halides is 3. The van der Waals surface area contributed by atoms with Gasteiger partial charge in [0.05, 0.1) is 12.3 Å². The normalized spacial score (nSPS) is 25.1. The Bertz CT molecular complexity index is 374. The van der Waals surface area contributed by atoms with Crippen LogP contribution in [0.15, 0.2) is 0 Å². The Morgan fingerprint density at radius 2 is 2.22 bits per heavy atom. The molecule has 1 saturated heterocycles. The summed E-state index contributed by atoms with van der Waals surface area (Å²) in [6.07, 6.45) is 2.50. The van der Waals surface area contributed by atoms with E-state index < -0.39 is 21.4 Å². The van der Waals surface area contributed by atoms with Crippen LogP contribution in [0.3, 0.4) is 0 Å². The SMILES string of the molecule is CS(=O)(=O)N1CCCC(CC(NN)C(F)(F)Cl)C1. The second-order valence-corrected chi connectivity index (χ2v) is 7.11. The number of nitrogens with one attached hydrogen (secondary N) is 1. The van der Waals surface area contributed by atoms with Gasteiger partial charge in [0.1, 0.15) is 0 Å². The highest BCUT2D eigenvalue weighted by atomic mass is 35.5. The van der Waals surface area contributed by atoms with Gasteiger partial charge in [-0.3, -0.25) is 5.84 Å². The fourth-order valence-corrected chi connectivity index (χ4v) is 3.24. The molecule has 0 aliphatic carbocycles. The molecule has 0 aromatic carbocycles. The summed E-state index contributed by atoms with van der Waals surface area (Å²) in [4.78, 5) is 0. The van der Waals surface area contributed by atoms with E-state index in [0.717, 1.165) is 6.26 Å². The summed E-state index contributed by atoms with van der Waals surface area (Å²) in [5.41, 5.74) is 1.99. The minimum absolute atomic E-state index is 0.0407. The molecule has 2 atom stereocenters. The summed E-state index contributed by atoms with van der Waals surface area (Å²) >= 11 is 4.94. The third-order valence-corrected chi connectivity index (χ3v) is 4.65. The van der Waals surface area contributed by atoms with Gasteiger partial charge in [-0.25, -0.2) is 18.1 Å². The predicted molar refractivity (Wildman–Crippen MR) is 65.7 cm³/mol. The van der Waals surface area contributed by atoms with Crippen molar-refractivity contribution in [3.8, 4) is 0 Å². The lowest BCUT2D eigenvalue weighted by Crippen LogP contribution is -2.49. The highest BCUT2D eigenvalue weighted by Gasteiger charge is 2.39. The molecule has 2 unspecified atom stereocenters. The van der Waals surface area contributed by atoms with Crippen LogP contribution in [0, 0.1) is 5.92 Å². The van der Waals surface area contributed by atoms with E-state index in [1.807, 2.05) is 5.43 Å². The van der Waals surface area contributed by atoms with Gasteiger partial charge in [-0.05, 0) is 36.8 Å². The zero-order valence-corrected chi connectivity index (χ0v) is 11.6. The number of halogens is 3. The number of nitrogens with zero attached hydrogens (tertiary/aromatic N) is 1. The summed E-state index contributed by atoms with van der Waals surface area (Å²) in [7, 11) is -3.28. The standard InChI is InChI=1S/C9H18ClF2N3O2S/c1-18(16,17)15-4-2-3-7(6-15)5-8(14-13)9(10,11)12/h7-8,14H,2-6,13H2,1H3. The van der Waals surface area contributed by atoms with E-state index in [1.54, 1.807) is 0 Å². The Morgan fingerprint density at radius 3 is 2.67 bits per heavy atom. The summed E-state index contributed by atoms with van der Waals surface area (Å²) in [5.74, 6) is 4.88. The molecule has 5 nitrogen and oxygen atoms in total. The smallest absolute Gasteiger partial charge is 0.271 e. The van der Waals surface area contributed by atoms with Crippen LogP contribution in [0.2, 0.25) is 0 Å². The maximum atomic E-state index is 13.0. The van der Waals surface area contributed by atoms with Crippen molar-refractivity contribution in [2.75, 3.05) is 19.3 Å². The summed E-state index contributed by atoms with van der Waals surface area (Å²) < 4.78 is 50.0. The molecule has 1 rings (SSSR count). The van der Waals surface area contributed by atoms with Crippen LogP contribution in [-0.4, -0.2) is 43.5 Å². The minimum atomic E-state index is -3.44. The number of hydrogen-bond acceptors (Lipinski definition) is 4. The molecule has 1 aliphatic heterocycles. The number of sulfonamides is 1. The third-order valence-electron chi connectivity index (χ3n) is 3.12. The largest absolute Gasteiger partial charge is 0.338 e. The first kappa shape index (κ1) is 16.0. The van der Waals surface area contributed by atoms with Crippen LogP contribution in [0.4, 0.5) is 8.78 Å². The van der Waals surface area contributed by atoms with E-state index in [2.05, 4.69) is 0 Å². The molecule has 0 bridgehead atoms. The van der Waals surface area contributed by atoms with Gasteiger partial charge in [-0.1, -0.05) is 0 Å². The Labute approximate surface area is 111 Å². The minimum Gasteiger partial charge on any atom is -0.271 e. The highest BCUT2D eigenvalue weighted by molar-refractivity contribution is 7.88. The molecule has 1 heterocycles. The van der Waals surface area contributed by atoms with Crippen LogP contribution < -0.4 is 11.3 Å². The van der Waals surface area contributed by atoms with Crippen molar-refractivity contribution in [3.05, 3.63) is 0 Å². The van der Waals surface area contributed by atoms with Gasteiger partial charge >= 0.3 is 5.38 Å². The van der Waals surface area contributed by atoms with Crippen molar-refractivity contribution in [2.45, 2.75) is 30.7 Å². The summed E-state index contributed by atoms with van der Waals surface area (Å²) in [5, 5.41) is -3.44. The van der Waals surface area contributed by atoms with Crippen molar-refractivity contribution in [2.24, 2.45) is 11.8 Å². The van der Waals surface area contributed by atoms with E-state index in [0.29, 0.717) is 19.4 Å². The van der Waals surface area contributed by atoms with Gasteiger partial charge in [0.2, 0.25) is 10.0 Å². The second-order valence-electron chi connectivity index (χ2n) is 4.63. The van der Waals surface area contributed by atoms with Crippen molar-refractivity contribution in [3.63, 3.8) is 0 Å². The van der Waals surface area contributed by atoms with Gasteiger partial charge in [0.25, 0.3) is 0 Å². The molecule has 3 N–H and O–H groups in total. The van der Waals surface area contributed by atoms with Crippen molar-refractivity contribution in [1.82, 2.24) is 9.73 Å². The molecule has 1 aliphatic rings. The first-order valence-electron chi connectivity index (χ1n) is 5.62. The van der Waals surface area contributed by atoms with Crippen LogP contribution in [-0.2, 0) is 10.0 Å². The van der Waals surface area contributed by atoms with Gasteiger partial charge < -0.3 is 0 Å². The number of piperidine rings is 1. The Hall–Kier alpha value is -0.0200. The molecule has 18 heavy (non-hydrogen) atoms. The van der Waals surface area contributed by atoms with Gasteiger partial charge in [-0.2, -0.15) is 8.78 Å². The van der Waals surface area contributed by atoms with E-state index in [1.165, 1.54) is 4.31 Å². The number of rotatable bonds is 5. The molecule has 0 radical (unpaired) electrons. The lowest BCUT2D eigenvalue weighted by Gasteiger charge is -2.33. The first-order chi connectivity index (χ1) is 8.14. The first-order valence-corrected chi connectivity index (χ1v) is 7.85. The van der Waals surface area contributed by atoms with Crippen molar-refractivity contribution < 1.29 is 17.2 Å². The lowest BCUT2D eigenvalue weighted by molar-refractivity contribution is 0.0357. The summed E-state index contributed by atoms with van der Waals surface area (Å²) in [6.45, 7) is 0.678. The van der Waals surface area contributed by atoms with Gasteiger partial charge in [0.15, 0.2) is 0 Å². The fraction of sp³-hybridized carbons (Fsp3) is 1.00. The van der Waals surface area contributed by atoms with E-state index in [-0.39, 0.29) is 18.9 Å². The zero-order chi connectivity index (χ0) is 14.0. The predicted octanol–water partition coefficient (Wildman–Crippen LogP) is 0.712. The Kier molecular flexibility index (Phi) is 5.31. The second kappa shape index (κ2) is 5.96. The Balaban J connectivity index is 2.63. The molecule has 0 aromatic heterocycles. The molecule has 0 amide bonds. The molecule has 1 fully saturated rings. The zero-order valence-electron chi connectivity index (χ0n) is 10.1. The average molecular weight is 306 g/mol. The van der Waals surface area contributed by atoms with Crippen molar-refractivity contribution in [1.29, 1.82) is 0 Å². The molecular weight excluding hydrogens is 288 g/mol. The maximum Gasteiger partial charge on any atom is 0.338 e. The Morgan fingerprint density at radius 1 is 1.61 bits per heavy atom. The monoisotopic (exact) mass is 305 g/mol.